The van der Waals surface area contributed by atoms with Crippen molar-refractivity contribution in [3.8, 4) is 5.75 Å². The fraction of sp³-hybridized carbons (Fsp3) is 0.250. The molecule has 0 aliphatic heterocycles. The number of nitrogens with two attached hydrogens (primary N) is 1. The second-order valence-corrected chi connectivity index (χ2v) is 6.55. The number of aromatic nitrogens is 1. The quantitative estimate of drug-likeness (QED) is 0.322. The molecule has 1 atom stereocenters. The van der Waals surface area contributed by atoms with Crippen LogP contribution in [0.15, 0.2) is 53.3 Å². The smallest absolute Gasteiger partial charge is 0.261 e. The Balaban J connectivity index is 2.24. The van der Waals surface area contributed by atoms with Crippen molar-refractivity contribution >= 4 is 16.6 Å². The Morgan fingerprint density at radius 2 is 1.81 bits per heavy atom. The highest BCUT2D eigenvalue weighted by molar-refractivity contribution is 5.86. The summed E-state index contributed by atoms with van der Waals surface area (Å²) in [4.78, 5) is 13.2. The van der Waals surface area contributed by atoms with Gasteiger partial charge in [0.2, 0.25) is 0 Å². The average Bonchev–Trinajstić information content (AvgIpc) is 2.64. The maximum atomic E-state index is 13.2. The Bertz CT molecular complexity index is 995. The SMILES string of the molecule is CCn1c(=O)c([C@](C)(NN)Nc2ccc(C)cc2)c(O)c2ccccc21. The Hall–Kier alpha value is -2.83. The van der Waals surface area contributed by atoms with Crippen LogP contribution in [-0.2, 0) is 12.2 Å². The first-order valence-corrected chi connectivity index (χ1v) is 8.59. The first kappa shape index (κ1) is 18.0. The number of fused-ring (bicyclic) bond motifs is 1. The number of benzene rings is 2. The average molecular weight is 352 g/mol. The topological polar surface area (TPSA) is 92.3 Å². The maximum absolute atomic E-state index is 13.2. The van der Waals surface area contributed by atoms with Gasteiger partial charge in [0.25, 0.3) is 5.56 Å². The molecule has 0 saturated heterocycles. The van der Waals surface area contributed by atoms with Gasteiger partial charge in [-0.1, -0.05) is 29.8 Å². The minimum atomic E-state index is -1.16. The molecular weight excluding hydrogens is 328 g/mol. The van der Waals surface area contributed by atoms with Crippen LogP contribution in [0.5, 0.6) is 5.75 Å². The third-order valence-corrected chi connectivity index (χ3v) is 4.70. The van der Waals surface area contributed by atoms with Crippen LogP contribution in [0.25, 0.3) is 10.9 Å². The van der Waals surface area contributed by atoms with Gasteiger partial charge in [-0.2, -0.15) is 0 Å². The molecule has 3 aromatic rings. The highest BCUT2D eigenvalue weighted by Crippen LogP contribution is 2.33. The first-order valence-electron chi connectivity index (χ1n) is 8.59. The Morgan fingerprint density at radius 3 is 2.42 bits per heavy atom. The molecule has 6 heteroatoms. The maximum Gasteiger partial charge on any atom is 0.261 e. The van der Waals surface area contributed by atoms with Crippen molar-refractivity contribution in [3.63, 3.8) is 0 Å². The number of hydrazine groups is 1. The second-order valence-electron chi connectivity index (χ2n) is 6.55. The summed E-state index contributed by atoms with van der Waals surface area (Å²) in [7, 11) is 0. The van der Waals surface area contributed by atoms with E-state index in [-0.39, 0.29) is 16.9 Å². The zero-order chi connectivity index (χ0) is 18.9. The minimum absolute atomic E-state index is 0.0737. The summed E-state index contributed by atoms with van der Waals surface area (Å²) in [6.45, 7) is 6.12. The lowest BCUT2D eigenvalue weighted by atomic mass is 9.98. The van der Waals surface area contributed by atoms with E-state index in [0.29, 0.717) is 17.4 Å². The van der Waals surface area contributed by atoms with Gasteiger partial charge in [0.1, 0.15) is 17.0 Å². The fourth-order valence-corrected chi connectivity index (χ4v) is 3.25. The number of rotatable bonds is 5. The van der Waals surface area contributed by atoms with E-state index in [9.17, 15) is 9.90 Å². The van der Waals surface area contributed by atoms with E-state index in [1.165, 1.54) is 0 Å². The third kappa shape index (κ3) is 2.94. The summed E-state index contributed by atoms with van der Waals surface area (Å²) in [5.74, 6) is 5.74. The van der Waals surface area contributed by atoms with Crippen LogP contribution in [0, 0.1) is 6.92 Å². The summed E-state index contributed by atoms with van der Waals surface area (Å²) in [5.41, 5.74) is 4.01. The van der Waals surface area contributed by atoms with Crippen LogP contribution in [-0.4, -0.2) is 9.67 Å². The van der Waals surface area contributed by atoms with Crippen molar-refractivity contribution in [2.75, 3.05) is 5.32 Å². The lowest BCUT2D eigenvalue weighted by Gasteiger charge is -2.32. The molecule has 136 valence electrons. The number of hydrogen-bond donors (Lipinski definition) is 4. The molecule has 0 unspecified atom stereocenters. The van der Waals surface area contributed by atoms with Gasteiger partial charge < -0.3 is 15.0 Å². The molecule has 0 spiro atoms. The standard InChI is InChI=1S/C20H24N4O2/c1-4-24-16-8-6-5-7-15(16)18(25)17(19(24)26)20(3,23-21)22-14-11-9-13(2)10-12-14/h5-12,22-23,25H,4,21H2,1-3H3/t20-/m0/s1. The summed E-state index contributed by atoms with van der Waals surface area (Å²) in [6, 6.07) is 15.0. The van der Waals surface area contributed by atoms with Crippen LogP contribution in [0.2, 0.25) is 0 Å². The van der Waals surface area contributed by atoms with E-state index in [4.69, 9.17) is 5.84 Å². The van der Waals surface area contributed by atoms with Crippen molar-refractivity contribution in [3.05, 3.63) is 70.0 Å². The molecule has 2 aromatic carbocycles. The predicted molar refractivity (Wildman–Crippen MR) is 105 cm³/mol. The molecule has 1 aromatic heterocycles. The van der Waals surface area contributed by atoms with Crippen molar-refractivity contribution < 1.29 is 5.11 Å². The van der Waals surface area contributed by atoms with E-state index in [2.05, 4.69) is 10.7 Å². The molecule has 3 rings (SSSR count). The number of nitrogens with zero attached hydrogens (tertiary/aromatic N) is 1. The zero-order valence-corrected chi connectivity index (χ0v) is 15.2. The number of aryl methyl sites for hydroxylation is 2. The lowest BCUT2D eigenvalue weighted by Crippen LogP contribution is -2.53. The fourth-order valence-electron chi connectivity index (χ4n) is 3.25. The van der Waals surface area contributed by atoms with Gasteiger partial charge in [0, 0.05) is 17.6 Å². The van der Waals surface area contributed by atoms with Gasteiger partial charge in [-0.25, -0.2) is 5.43 Å². The van der Waals surface area contributed by atoms with Crippen LogP contribution in [0.1, 0.15) is 25.0 Å². The van der Waals surface area contributed by atoms with Gasteiger partial charge in [-0.05, 0) is 45.0 Å². The largest absolute Gasteiger partial charge is 0.507 e. The van der Waals surface area contributed by atoms with Crippen molar-refractivity contribution in [2.24, 2.45) is 5.84 Å². The summed E-state index contributed by atoms with van der Waals surface area (Å²) >= 11 is 0. The van der Waals surface area contributed by atoms with Crippen molar-refractivity contribution in [1.82, 2.24) is 9.99 Å². The monoisotopic (exact) mass is 352 g/mol. The molecule has 0 aliphatic carbocycles. The first-order chi connectivity index (χ1) is 12.4. The van der Waals surface area contributed by atoms with Crippen molar-refractivity contribution in [2.45, 2.75) is 33.0 Å². The molecular formula is C20H24N4O2. The van der Waals surface area contributed by atoms with Crippen LogP contribution in [0.4, 0.5) is 5.69 Å². The Morgan fingerprint density at radius 1 is 1.15 bits per heavy atom. The molecule has 0 amide bonds. The zero-order valence-electron chi connectivity index (χ0n) is 15.2. The summed E-state index contributed by atoms with van der Waals surface area (Å²) in [5, 5.41) is 14.7. The van der Waals surface area contributed by atoms with Gasteiger partial charge in [-0.15, -0.1) is 0 Å². The van der Waals surface area contributed by atoms with Crippen molar-refractivity contribution in [1.29, 1.82) is 0 Å². The second kappa shape index (κ2) is 6.82. The molecule has 0 radical (unpaired) electrons. The third-order valence-electron chi connectivity index (χ3n) is 4.70. The summed E-state index contributed by atoms with van der Waals surface area (Å²) in [6.07, 6.45) is 0. The molecule has 1 heterocycles. The Kier molecular flexibility index (Phi) is 4.71. The van der Waals surface area contributed by atoms with Gasteiger partial charge >= 0.3 is 0 Å². The lowest BCUT2D eigenvalue weighted by molar-refractivity contribution is 0.388. The van der Waals surface area contributed by atoms with E-state index in [1.54, 1.807) is 17.6 Å². The molecule has 5 N–H and O–H groups in total. The van der Waals surface area contributed by atoms with E-state index >= 15 is 0 Å². The number of nitrogens with one attached hydrogen (secondary N) is 2. The molecule has 26 heavy (non-hydrogen) atoms. The predicted octanol–water partition coefficient (Wildman–Crippen LogP) is 2.78. The van der Waals surface area contributed by atoms with Crippen LogP contribution >= 0.6 is 0 Å². The van der Waals surface area contributed by atoms with Crippen LogP contribution in [0.3, 0.4) is 0 Å². The highest BCUT2D eigenvalue weighted by Gasteiger charge is 2.33. The van der Waals surface area contributed by atoms with Crippen LogP contribution < -0.4 is 22.1 Å². The Labute approximate surface area is 152 Å². The molecule has 0 saturated carbocycles. The number of para-hydroxylation sites is 1. The van der Waals surface area contributed by atoms with Gasteiger partial charge in [0.05, 0.1) is 5.52 Å². The van der Waals surface area contributed by atoms with E-state index in [0.717, 1.165) is 11.3 Å². The minimum Gasteiger partial charge on any atom is -0.507 e. The van der Waals surface area contributed by atoms with Gasteiger partial charge in [-0.3, -0.25) is 10.6 Å². The number of pyridine rings is 1. The molecule has 0 aliphatic rings. The van der Waals surface area contributed by atoms with E-state index < -0.39 is 5.66 Å². The van der Waals surface area contributed by atoms with E-state index in [1.807, 2.05) is 56.3 Å². The number of anilines is 1. The number of hydrogen-bond acceptors (Lipinski definition) is 5. The summed E-state index contributed by atoms with van der Waals surface area (Å²) < 4.78 is 1.64. The highest BCUT2D eigenvalue weighted by atomic mass is 16.3. The molecule has 6 nitrogen and oxygen atoms in total. The van der Waals surface area contributed by atoms with Gasteiger partial charge in [0.15, 0.2) is 0 Å². The molecule has 0 bridgehead atoms. The normalized spacial score (nSPS) is 13.5. The molecule has 0 fully saturated rings. The number of aromatic hydroxyl groups is 1.